The number of nitro groups is 1. The standard InChI is InChI=1S/C16H13NO4/c1-9(16(18)19)10-2-4-14-11(6-10)7-12-8-13(17(20)21)3-5-15(12)14/h2-6,8-9H,7H2,1H3,(H,18,19)/t9-/m0/s1. The summed E-state index contributed by atoms with van der Waals surface area (Å²) >= 11 is 0. The number of hydrogen-bond donors (Lipinski definition) is 1. The Morgan fingerprint density at radius 3 is 2.43 bits per heavy atom. The summed E-state index contributed by atoms with van der Waals surface area (Å²) < 4.78 is 0. The van der Waals surface area contributed by atoms with Crippen molar-refractivity contribution in [2.45, 2.75) is 19.3 Å². The molecule has 0 fully saturated rings. The monoisotopic (exact) mass is 283 g/mol. The van der Waals surface area contributed by atoms with Crippen LogP contribution in [0, 0.1) is 10.1 Å². The lowest BCUT2D eigenvalue weighted by Gasteiger charge is -2.09. The topological polar surface area (TPSA) is 80.4 Å². The highest BCUT2D eigenvalue weighted by atomic mass is 16.6. The molecule has 2 aromatic carbocycles. The molecule has 5 heteroatoms. The average Bonchev–Trinajstić information content (AvgIpc) is 2.82. The Morgan fingerprint density at radius 2 is 1.81 bits per heavy atom. The summed E-state index contributed by atoms with van der Waals surface area (Å²) in [6.45, 7) is 1.65. The van der Waals surface area contributed by atoms with Crippen molar-refractivity contribution < 1.29 is 14.8 Å². The smallest absolute Gasteiger partial charge is 0.310 e. The summed E-state index contributed by atoms with van der Waals surface area (Å²) in [5, 5.41) is 19.9. The van der Waals surface area contributed by atoms with Crippen molar-refractivity contribution >= 4 is 11.7 Å². The van der Waals surface area contributed by atoms with Crippen LogP contribution in [-0.4, -0.2) is 16.0 Å². The van der Waals surface area contributed by atoms with E-state index in [1.165, 1.54) is 6.07 Å². The second-order valence-corrected chi connectivity index (χ2v) is 5.25. The van der Waals surface area contributed by atoms with Gasteiger partial charge in [-0.25, -0.2) is 0 Å². The number of nitro benzene ring substituents is 1. The molecule has 1 N–H and O–H groups in total. The van der Waals surface area contributed by atoms with Crippen LogP contribution in [0.2, 0.25) is 0 Å². The fourth-order valence-corrected chi connectivity index (χ4v) is 2.74. The van der Waals surface area contributed by atoms with Crippen LogP contribution in [0.4, 0.5) is 5.69 Å². The van der Waals surface area contributed by atoms with Crippen molar-refractivity contribution in [3.05, 3.63) is 63.2 Å². The van der Waals surface area contributed by atoms with E-state index >= 15 is 0 Å². The lowest BCUT2D eigenvalue weighted by atomic mass is 9.96. The third kappa shape index (κ3) is 2.16. The molecule has 0 radical (unpaired) electrons. The lowest BCUT2D eigenvalue weighted by molar-refractivity contribution is -0.384. The molecule has 0 saturated heterocycles. The number of non-ortho nitro benzene ring substituents is 1. The number of aliphatic carboxylic acids is 1. The average molecular weight is 283 g/mol. The van der Waals surface area contributed by atoms with Gasteiger partial charge in [0.1, 0.15) is 0 Å². The van der Waals surface area contributed by atoms with Crippen molar-refractivity contribution in [3.8, 4) is 11.1 Å². The van der Waals surface area contributed by atoms with Gasteiger partial charge < -0.3 is 5.11 Å². The number of benzene rings is 2. The minimum Gasteiger partial charge on any atom is -0.481 e. The van der Waals surface area contributed by atoms with E-state index in [0.29, 0.717) is 6.42 Å². The minimum atomic E-state index is -0.860. The zero-order valence-corrected chi connectivity index (χ0v) is 11.4. The Hall–Kier alpha value is -2.69. The maximum absolute atomic E-state index is 11.1. The summed E-state index contributed by atoms with van der Waals surface area (Å²) in [5.41, 5.74) is 4.80. The van der Waals surface area contributed by atoms with Gasteiger partial charge in [-0.2, -0.15) is 0 Å². The van der Waals surface area contributed by atoms with Gasteiger partial charge in [0.2, 0.25) is 0 Å². The van der Waals surface area contributed by atoms with Crippen molar-refractivity contribution in [1.29, 1.82) is 0 Å². The molecule has 0 saturated carbocycles. The molecule has 1 atom stereocenters. The Balaban J connectivity index is 2.03. The molecule has 0 aliphatic heterocycles. The maximum Gasteiger partial charge on any atom is 0.310 e. The Bertz CT molecular complexity index is 767. The molecule has 0 amide bonds. The number of carbonyl (C=O) groups is 1. The quantitative estimate of drug-likeness (QED) is 0.590. The largest absolute Gasteiger partial charge is 0.481 e. The zero-order chi connectivity index (χ0) is 15.1. The molecule has 3 rings (SSSR count). The number of rotatable bonds is 3. The normalized spacial score (nSPS) is 13.4. The first-order chi connectivity index (χ1) is 9.97. The van der Waals surface area contributed by atoms with Gasteiger partial charge in [0.15, 0.2) is 0 Å². The van der Waals surface area contributed by atoms with Crippen LogP contribution in [0.3, 0.4) is 0 Å². The van der Waals surface area contributed by atoms with Gasteiger partial charge in [-0.05, 0) is 47.2 Å². The maximum atomic E-state index is 11.1. The van der Waals surface area contributed by atoms with Gasteiger partial charge in [-0.3, -0.25) is 14.9 Å². The molecule has 0 heterocycles. The van der Waals surface area contributed by atoms with Crippen molar-refractivity contribution in [3.63, 3.8) is 0 Å². The highest BCUT2D eigenvalue weighted by Crippen LogP contribution is 2.39. The van der Waals surface area contributed by atoms with E-state index in [1.807, 2.05) is 18.2 Å². The van der Waals surface area contributed by atoms with Gasteiger partial charge in [-0.15, -0.1) is 0 Å². The molecule has 0 bridgehead atoms. The molecular weight excluding hydrogens is 270 g/mol. The summed E-state index contributed by atoms with van der Waals surface area (Å²) in [6, 6.07) is 10.5. The summed E-state index contributed by atoms with van der Waals surface area (Å²) in [4.78, 5) is 21.5. The van der Waals surface area contributed by atoms with E-state index in [4.69, 9.17) is 5.11 Å². The van der Waals surface area contributed by atoms with Crippen LogP contribution < -0.4 is 0 Å². The molecule has 5 nitrogen and oxygen atoms in total. The van der Waals surface area contributed by atoms with Gasteiger partial charge in [0, 0.05) is 12.1 Å². The number of hydrogen-bond acceptors (Lipinski definition) is 3. The van der Waals surface area contributed by atoms with Crippen LogP contribution in [0.5, 0.6) is 0 Å². The zero-order valence-electron chi connectivity index (χ0n) is 11.4. The van der Waals surface area contributed by atoms with E-state index in [9.17, 15) is 14.9 Å². The molecule has 0 spiro atoms. The molecule has 0 unspecified atom stereocenters. The minimum absolute atomic E-state index is 0.0840. The van der Waals surface area contributed by atoms with E-state index in [0.717, 1.165) is 27.8 Å². The molecule has 2 aromatic rings. The van der Waals surface area contributed by atoms with Gasteiger partial charge in [-0.1, -0.05) is 18.2 Å². The highest BCUT2D eigenvalue weighted by Gasteiger charge is 2.23. The fraction of sp³-hybridized carbons (Fsp3) is 0.188. The van der Waals surface area contributed by atoms with Crippen LogP contribution in [0.15, 0.2) is 36.4 Å². The first-order valence-corrected chi connectivity index (χ1v) is 6.60. The molecule has 1 aliphatic rings. The Labute approximate surface area is 121 Å². The number of carboxylic acids is 1. The number of carboxylic acid groups (broad SMARTS) is 1. The molecule has 106 valence electrons. The Morgan fingerprint density at radius 1 is 1.19 bits per heavy atom. The first kappa shape index (κ1) is 13.3. The summed E-state index contributed by atoms with van der Waals surface area (Å²) in [7, 11) is 0. The van der Waals surface area contributed by atoms with Crippen LogP contribution in [0.1, 0.15) is 29.5 Å². The van der Waals surface area contributed by atoms with Gasteiger partial charge >= 0.3 is 5.97 Å². The second-order valence-electron chi connectivity index (χ2n) is 5.25. The van der Waals surface area contributed by atoms with E-state index in [1.54, 1.807) is 19.1 Å². The van der Waals surface area contributed by atoms with Crippen molar-refractivity contribution in [2.24, 2.45) is 0 Å². The Kier molecular flexibility index (Phi) is 2.97. The second kappa shape index (κ2) is 4.70. The first-order valence-electron chi connectivity index (χ1n) is 6.60. The SMILES string of the molecule is C[C@H](C(=O)O)c1ccc2c(c1)Cc1cc([N+](=O)[O-])ccc1-2. The lowest BCUT2D eigenvalue weighted by Crippen LogP contribution is -2.07. The number of nitrogens with zero attached hydrogens (tertiary/aromatic N) is 1. The highest BCUT2D eigenvalue weighted by molar-refractivity contribution is 5.80. The molecular formula is C16H13NO4. The molecule has 1 aliphatic carbocycles. The third-order valence-corrected chi connectivity index (χ3v) is 3.97. The van der Waals surface area contributed by atoms with Crippen LogP contribution in [-0.2, 0) is 11.2 Å². The van der Waals surface area contributed by atoms with E-state index < -0.39 is 16.8 Å². The van der Waals surface area contributed by atoms with E-state index in [-0.39, 0.29) is 5.69 Å². The summed E-state index contributed by atoms with van der Waals surface area (Å²) in [5.74, 6) is -1.42. The van der Waals surface area contributed by atoms with Crippen LogP contribution >= 0.6 is 0 Å². The predicted molar refractivity (Wildman–Crippen MR) is 77.4 cm³/mol. The van der Waals surface area contributed by atoms with Gasteiger partial charge in [0.25, 0.3) is 5.69 Å². The van der Waals surface area contributed by atoms with Gasteiger partial charge in [0.05, 0.1) is 10.8 Å². The van der Waals surface area contributed by atoms with Crippen molar-refractivity contribution in [2.75, 3.05) is 0 Å². The number of fused-ring (bicyclic) bond motifs is 3. The third-order valence-electron chi connectivity index (χ3n) is 3.97. The molecule has 0 aromatic heterocycles. The summed E-state index contributed by atoms with van der Waals surface area (Å²) in [6.07, 6.45) is 0.604. The molecule has 21 heavy (non-hydrogen) atoms. The van der Waals surface area contributed by atoms with Crippen LogP contribution in [0.25, 0.3) is 11.1 Å². The van der Waals surface area contributed by atoms with Crippen molar-refractivity contribution in [1.82, 2.24) is 0 Å². The predicted octanol–water partition coefficient (Wildman–Crippen LogP) is 3.35. The van der Waals surface area contributed by atoms with E-state index in [2.05, 4.69) is 0 Å². The fourth-order valence-electron chi connectivity index (χ4n) is 2.74.